The molecule has 0 fully saturated rings. The minimum absolute atomic E-state index is 0.0603. The molecule has 156 valence electrons. The van der Waals surface area contributed by atoms with E-state index >= 15 is 0 Å². The number of ether oxygens (including phenoxy) is 2. The first-order valence-electron chi connectivity index (χ1n) is 9.21. The van der Waals surface area contributed by atoms with Crippen LogP contribution in [0.1, 0.15) is 38.0 Å². The lowest BCUT2D eigenvalue weighted by molar-refractivity contribution is -0.133. The highest BCUT2D eigenvalue weighted by Gasteiger charge is 2.22. The Hall–Kier alpha value is -2.57. The fraction of sp³-hybridized carbons (Fsp3) is 0.364. The van der Waals surface area contributed by atoms with Crippen LogP contribution in [0.4, 0.5) is 4.79 Å². The van der Waals surface area contributed by atoms with Crippen molar-refractivity contribution in [3.8, 4) is 5.75 Å². The highest BCUT2D eigenvalue weighted by Crippen LogP contribution is 2.21. The lowest BCUT2D eigenvalue weighted by Gasteiger charge is -2.26. The van der Waals surface area contributed by atoms with Crippen molar-refractivity contribution >= 4 is 23.7 Å². The summed E-state index contributed by atoms with van der Waals surface area (Å²) in [5, 5.41) is 10.9. The zero-order valence-electron chi connectivity index (χ0n) is 17.0. The van der Waals surface area contributed by atoms with Crippen molar-refractivity contribution in [2.75, 3.05) is 13.6 Å². The maximum atomic E-state index is 12.1. The van der Waals surface area contributed by atoms with Gasteiger partial charge in [0.05, 0.1) is 19.1 Å². The average molecular weight is 420 g/mol. The molecule has 29 heavy (non-hydrogen) atoms. The van der Waals surface area contributed by atoms with E-state index < -0.39 is 23.8 Å². The number of nitrogens with zero attached hydrogens (tertiary/aromatic N) is 1. The molecule has 1 unspecified atom stereocenters. The molecule has 0 aromatic heterocycles. The largest absolute Gasteiger partial charge is 0.444 e. The number of likely N-dealkylation sites (N-methyl/N-ethyl adjacent to an activating group) is 1. The van der Waals surface area contributed by atoms with Gasteiger partial charge < -0.3 is 19.5 Å². The molecule has 0 saturated heterocycles. The molecular weight excluding hydrogens is 394 g/mol. The van der Waals surface area contributed by atoms with Crippen LogP contribution < -0.4 is 4.74 Å². The van der Waals surface area contributed by atoms with E-state index in [2.05, 4.69) is 0 Å². The van der Waals surface area contributed by atoms with Crippen LogP contribution in [0.5, 0.6) is 5.75 Å². The van der Waals surface area contributed by atoms with Crippen molar-refractivity contribution in [1.29, 1.82) is 0 Å². The van der Waals surface area contributed by atoms with Crippen molar-refractivity contribution in [2.24, 2.45) is 0 Å². The minimum atomic E-state index is -0.902. The van der Waals surface area contributed by atoms with E-state index in [0.717, 1.165) is 0 Å². The Bertz CT molecular complexity index is 845. The third-order valence-corrected chi connectivity index (χ3v) is 4.31. The van der Waals surface area contributed by atoms with Crippen LogP contribution in [-0.2, 0) is 16.0 Å². The maximum Gasteiger partial charge on any atom is 0.410 e. The van der Waals surface area contributed by atoms with Crippen LogP contribution in [0.2, 0.25) is 5.02 Å². The number of carbonyl (C=O) groups excluding carboxylic acids is 2. The lowest BCUT2D eigenvalue weighted by atomic mass is 10.1. The summed E-state index contributed by atoms with van der Waals surface area (Å²) in [6, 6.07) is 13.6. The Morgan fingerprint density at radius 2 is 1.72 bits per heavy atom. The number of amides is 1. The van der Waals surface area contributed by atoms with Crippen LogP contribution in [0, 0.1) is 0 Å². The Morgan fingerprint density at radius 3 is 2.31 bits per heavy atom. The van der Waals surface area contributed by atoms with E-state index in [1.54, 1.807) is 76.3 Å². The Balaban J connectivity index is 1.91. The van der Waals surface area contributed by atoms with Gasteiger partial charge in [0.1, 0.15) is 11.4 Å². The number of hydrogen-bond acceptors (Lipinski definition) is 5. The second kappa shape index (κ2) is 9.76. The monoisotopic (exact) mass is 419 g/mol. The maximum absolute atomic E-state index is 12.1. The summed E-state index contributed by atoms with van der Waals surface area (Å²) in [5.41, 5.74) is 0.675. The molecule has 0 radical (unpaired) electrons. The summed E-state index contributed by atoms with van der Waals surface area (Å²) in [4.78, 5) is 25.4. The van der Waals surface area contributed by atoms with Crippen LogP contribution in [0.15, 0.2) is 48.5 Å². The molecule has 1 amide bonds. The first-order chi connectivity index (χ1) is 13.5. The van der Waals surface area contributed by atoms with E-state index in [-0.39, 0.29) is 13.0 Å². The van der Waals surface area contributed by atoms with Crippen molar-refractivity contribution in [3.63, 3.8) is 0 Å². The molecule has 0 bridgehead atoms. The van der Waals surface area contributed by atoms with Gasteiger partial charge in [0.2, 0.25) is 0 Å². The minimum Gasteiger partial charge on any atom is -0.444 e. The molecule has 0 aliphatic carbocycles. The number of hydrogen-bond donors (Lipinski definition) is 1. The Kier molecular flexibility index (Phi) is 7.65. The normalized spacial score (nSPS) is 12.2. The second-order valence-electron chi connectivity index (χ2n) is 7.69. The molecule has 7 heteroatoms. The van der Waals surface area contributed by atoms with Gasteiger partial charge in [-0.2, -0.15) is 0 Å². The van der Waals surface area contributed by atoms with Gasteiger partial charge >= 0.3 is 12.1 Å². The summed E-state index contributed by atoms with van der Waals surface area (Å²) in [7, 11) is 1.56. The highest BCUT2D eigenvalue weighted by atomic mass is 35.5. The number of halogens is 1. The topological polar surface area (TPSA) is 76.1 Å². The van der Waals surface area contributed by atoms with Gasteiger partial charge in [-0.05, 0) is 50.1 Å². The predicted molar refractivity (Wildman–Crippen MR) is 111 cm³/mol. The molecule has 0 aliphatic rings. The van der Waals surface area contributed by atoms with Gasteiger partial charge in [-0.1, -0.05) is 41.9 Å². The zero-order chi connectivity index (χ0) is 21.6. The van der Waals surface area contributed by atoms with E-state index in [1.807, 2.05) is 0 Å². The lowest BCUT2D eigenvalue weighted by Crippen LogP contribution is -2.36. The fourth-order valence-corrected chi connectivity index (χ4v) is 2.70. The third kappa shape index (κ3) is 7.40. The number of rotatable bonds is 6. The summed E-state index contributed by atoms with van der Waals surface area (Å²) >= 11 is 6.05. The molecule has 6 nitrogen and oxygen atoms in total. The first-order valence-corrected chi connectivity index (χ1v) is 9.59. The van der Waals surface area contributed by atoms with Gasteiger partial charge in [0, 0.05) is 12.1 Å². The Labute approximate surface area is 176 Å². The molecule has 1 atom stereocenters. The zero-order valence-corrected chi connectivity index (χ0v) is 17.8. The number of benzene rings is 2. The molecule has 0 saturated carbocycles. The smallest absolute Gasteiger partial charge is 0.410 e. The first kappa shape index (κ1) is 22.7. The number of carbonyl (C=O) groups is 2. The Morgan fingerprint density at radius 1 is 1.10 bits per heavy atom. The number of aliphatic hydroxyl groups excluding tert-OH is 1. The summed E-state index contributed by atoms with van der Waals surface area (Å²) in [6.07, 6.45) is -1.35. The number of aliphatic hydroxyl groups is 1. The van der Waals surface area contributed by atoms with Gasteiger partial charge in [-0.15, -0.1) is 0 Å². The summed E-state index contributed by atoms with van der Waals surface area (Å²) < 4.78 is 10.6. The molecule has 0 aliphatic heterocycles. The third-order valence-electron chi connectivity index (χ3n) is 3.94. The van der Waals surface area contributed by atoms with Gasteiger partial charge in [0.15, 0.2) is 0 Å². The van der Waals surface area contributed by atoms with E-state index in [0.29, 0.717) is 21.9 Å². The van der Waals surface area contributed by atoms with Crippen LogP contribution in [0.3, 0.4) is 0 Å². The van der Waals surface area contributed by atoms with Crippen molar-refractivity contribution in [1.82, 2.24) is 4.90 Å². The SMILES string of the molecule is CN(CC(O)c1ccc(OC(=O)Cc2ccccc2Cl)cc1)C(=O)OC(C)(C)C. The van der Waals surface area contributed by atoms with Crippen molar-refractivity contribution < 1.29 is 24.2 Å². The van der Waals surface area contributed by atoms with Crippen LogP contribution in [0.25, 0.3) is 0 Å². The standard InChI is InChI=1S/C22H26ClNO5/c1-22(2,3)29-21(27)24(4)14-19(25)15-9-11-17(12-10-15)28-20(26)13-16-7-5-6-8-18(16)23/h5-12,19,25H,13-14H2,1-4H3. The van der Waals surface area contributed by atoms with Gasteiger partial charge in [-0.25, -0.2) is 4.79 Å². The highest BCUT2D eigenvalue weighted by molar-refractivity contribution is 6.31. The van der Waals surface area contributed by atoms with E-state index in [1.165, 1.54) is 4.90 Å². The summed E-state index contributed by atoms with van der Waals surface area (Å²) in [5.74, 6) is -0.0745. The molecule has 2 aromatic carbocycles. The molecular formula is C22H26ClNO5. The molecule has 2 rings (SSSR count). The van der Waals surface area contributed by atoms with Gasteiger partial charge in [-0.3, -0.25) is 4.79 Å². The van der Waals surface area contributed by atoms with E-state index in [4.69, 9.17) is 21.1 Å². The average Bonchev–Trinajstić information content (AvgIpc) is 2.62. The predicted octanol–water partition coefficient (Wildman–Crippen LogP) is 4.39. The fourth-order valence-electron chi connectivity index (χ4n) is 2.50. The molecule has 1 N–H and O–H groups in total. The molecule has 0 spiro atoms. The summed E-state index contributed by atoms with van der Waals surface area (Å²) in [6.45, 7) is 5.41. The van der Waals surface area contributed by atoms with Crippen molar-refractivity contribution in [3.05, 3.63) is 64.7 Å². The van der Waals surface area contributed by atoms with E-state index in [9.17, 15) is 14.7 Å². The van der Waals surface area contributed by atoms with Crippen LogP contribution in [-0.4, -0.2) is 41.3 Å². The van der Waals surface area contributed by atoms with Crippen LogP contribution >= 0.6 is 11.6 Å². The molecule has 2 aromatic rings. The van der Waals surface area contributed by atoms with Crippen molar-refractivity contribution in [2.45, 2.75) is 38.9 Å². The van der Waals surface area contributed by atoms with Gasteiger partial charge in [0.25, 0.3) is 0 Å². The second-order valence-corrected chi connectivity index (χ2v) is 8.10. The quantitative estimate of drug-likeness (QED) is 0.555. The molecule has 0 heterocycles. The number of esters is 1.